The lowest BCUT2D eigenvalue weighted by Crippen LogP contribution is -2.25. The fourth-order valence-corrected chi connectivity index (χ4v) is 4.59. The lowest BCUT2D eigenvalue weighted by molar-refractivity contribution is -0.118. The van der Waals surface area contributed by atoms with Crippen molar-refractivity contribution in [1.29, 1.82) is 0 Å². The normalized spacial score (nSPS) is 15.8. The Balaban J connectivity index is 1.59. The fourth-order valence-electron chi connectivity index (χ4n) is 3.62. The summed E-state index contributed by atoms with van der Waals surface area (Å²) in [4.78, 5) is 17.3. The van der Waals surface area contributed by atoms with Crippen molar-refractivity contribution in [1.82, 2.24) is 4.68 Å². The van der Waals surface area contributed by atoms with E-state index in [1.165, 1.54) is 11.3 Å². The number of fused-ring (bicyclic) bond motifs is 2. The Morgan fingerprint density at radius 1 is 1.06 bits per heavy atom. The lowest BCUT2D eigenvalue weighted by Gasteiger charge is -2.19. The highest BCUT2D eigenvalue weighted by Gasteiger charge is 2.18. The van der Waals surface area contributed by atoms with Crippen LogP contribution >= 0.6 is 11.3 Å². The maximum absolute atomic E-state index is 11.8. The van der Waals surface area contributed by atoms with Crippen molar-refractivity contribution in [2.24, 2.45) is 10.1 Å². The van der Waals surface area contributed by atoms with Crippen LogP contribution in [0.5, 0.6) is 17.2 Å². The Morgan fingerprint density at radius 3 is 2.67 bits per heavy atom. The van der Waals surface area contributed by atoms with Gasteiger partial charge in [0.2, 0.25) is 4.80 Å². The zero-order valence-corrected chi connectivity index (χ0v) is 19.4. The van der Waals surface area contributed by atoms with Gasteiger partial charge in [-0.1, -0.05) is 0 Å². The molecule has 0 spiro atoms. The Bertz CT molecular complexity index is 1320. The fraction of sp³-hybridized carbons (Fsp3) is 0.292. The number of carbonyl (C=O) groups excluding carboxylic acids is 1. The molecule has 0 aliphatic carbocycles. The van der Waals surface area contributed by atoms with E-state index >= 15 is 0 Å². The van der Waals surface area contributed by atoms with Gasteiger partial charge in [-0.05, 0) is 57.2 Å². The van der Waals surface area contributed by atoms with Crippen LogP contribution in [0.2, 0.25) is 0 Å². The molecule has 1 amide bonds. The standard InChI is InChI=1S/C24H24N4O4S/c1-14(2)25-24-28(27-15(3)16-4-7-21-22(11-16)31-9-8-30-21)19(13-33-24)17-5-6-20-18(10-17)26-23(29)12-32-20/h4-7,10-11,13-14H,8-9,12H2,1-3H3,(H,26,29). The first-order valence-corrected chi connectivity index (χ1v) is 11.6. The number of thiazole rings is 1. The zero-order chi connectivity index (χ0) is 22.9. The lowest BCUT2D eigenvalue weighted by atomic mass is 10.1. The minimum Gasteiger partial charge on any atom is -0.486 e. The molecule has 3 aromatic rings. The van der Waals surface area contributed by atoms with E-state index in [1.807, 2.05) is 67.2 Å². The zero-order valence-electron chi connectivity index (χ0n) is 18.6. The van der Waals surface area contributed by atoms with Crippen LogP contribution < -0.4 is 24.3 Å². The molecule has 8 nitrogen and oxygen atoms in total. The molecule has 2 aliphatic heterocycles. The number of rotatable bonds is 4. The largest absolute Gasteiger partial charge is 0.486 e. The second-order valence-electron chi connectivity index (χ2n) is 8.03. The molecule has 0 saturated heterocycles. The van der Waals surface area contributed by atoms with Crippen LogP contribution in [0.3, 0.4) is 0 Å². The van der Waals surface area contributed by atoms with Crippen LogP contribution in [0.15, 0.2) is 51.9 Å². The van der Waals surface area contributed by atoms with Gasteiger partial charge in [-0.15, -0.1) is 11.3 Å². The van der Waals surface area contributed by atoms with E-state index in [2.05, 4.69) is 5.32 Å². The van der Waals surface area contributed by atoms with E-state index in [0.717, 1.165) is 38.8 Å². The van der Waals surface area contributed by atoms with Gasteiger partial charge in [0.15, 0.2) is 18.1 Å². The highest BCUT2D eigenvalue weighted by atomic mass is 32.1. The van der Waals surface area contributed by atoms with Crippen molar-refractivity contribution in [3.8, 4) is 28.5 Å². The number of ether oxygens (including phenoxy) is 3. The van der Waals surface area contributed by atoms with Gasteiger partial charge in [0.05, 0.1) is 17.1 Å². The summed E-state index contributed by atoms with van der Waals surface area (Å²) in [5.74, 6) is 1.96. The van der Waals surface area contributed by atoms with Crippen LogP contribution in [-0.4, -0.2) is 42.2 Å². The summed E-state index contributed by atoms with van der Waals surface area (Å²) >= 11 is 1.52. The summed E-state index contributed by atoms with van der Waals surface area (Å²) < 4.78 is 18.7. The monoisotopic (exact) mass is 464 g/mol. The number of anilines is 1. The Kier molecular flexibility index (Phi) is 5.63. The Hall–Kier alpha value is -3.59. The van der Waals surface area contributed by atoms with E-state index < -0.39 is 0 Å². The van der Waals surface area contributed by atoms with Crippen molar-refractivity contribution in [3.63, 3.8) is 0 Å². The number of amides is 1. The van der Waals surface area contributed by atoms with Gasteiger partial charge in [0.25, 0.3) is 5.91 Å². The molecule has 2 aromatic carbocycles. The minimum absolute atomic E-state index is 0.0290. The minimum atomic E-state index is -0.166. The second kappa shape index (κ2) is 8.74. The van der Waals surface area contributed by atoms with Crippen LogP contribution in [0.1, 0.15) is 26.3 Å². The highest BCUT2D eigenvalue weighted by Crippen LogP contribution is 2.33. The summed E-state index contributed by atoms with van der Waals surface area (Å²) in [5, 5.41) is 9.82. The van der Waals surface area contributed by atoms with E-state index in [0.29, 0.717) is 24.7 Å². The molecule has 0 bridgehead atoms. The quantitative estimate of drug-likeness (QED) is 0.594. The van der Waals surface area contributed by atoms with Crippen molar-refractivity contribution < 1.29 is 19.0 Å². The number of nitrogens with zero attached hydrogens (tertiary/aromatic N) is 3. The van der Waals surface area contributed by atoms with Crippen LogP contribution in [0, 0.1) is 0 Å². The van der Waals surface area contributed by atoms with Gasteiger partial charge < -0.3 is 19.5 Å². The van der Waals surface area contributed by atoms with Crippen molar-refractivity contribution in [2.75, 3.05) is 25.1 Å². The molecule has 2 aliphatic rings. The molecule has 0 atom stereocenters. The summed E-state index contributed by atoms with van der Waals surface area (Å²) in [7, 11) is 0. The molecule has 0 saturated carbocycles. The molecule has 5 rings (SSSR count). The second-order valence-corrected chi connectivity index (χ2v) is 8.87. The number of aromatic nitrogens is 1. The smallest absolute Gasteiger partial charge is 0.262 e. The van der Waals surface area contributed by atoms with Crippen LogP contribution in [0.4, 0.5) is 5.69 Å². The number of benzene rings is 2. The third-order valence-corrected chi connectivity index (χ3v) is 6.00. The van der Waals surface area contributed by atoms with E-state index in [9.17, 15) is 4.79 Å². The van der Waals surface area contributed by atoms with E-state index in [1.54, 1.807) is 0 Å². The molecule has 9 heteroatoms. The highest BCUT2D eigenvalue weighted by molar-refractivity contribution is 7.07. The molecule has 0 fully saturated rings. The molecule has 170 valence electrons. The SMILES string of the molecule is CC(=Nn1c(-c2ccc3c(c2)NC(=O)CO3)csc1=NC(C)C)c1ccc2c(c1)OCCO2. The third kappa shape index (κ3) is 4.36. The topological polar surface area (TPSA) is 86.4 Å². The molecule has 1 N–H and O–H groups in total. The predicted octanol–water partition coefficient (Wildman–Crippen LogP) is 3.90. The molecular weight excluding hydrogens is 440 g/mol. The molecule has 33 heavy (non-hydrogen) atoms. The van der Waals surface area contributed by atoms with E-state index in [-0.39, 0.29) is 18.6 Å². The Labute approximate surface area is 195 Å². The third-order valence-electron chi connectivity index (χ3n) is 5.17. The van der Waals surface area contributed by atoms with Gasteiger partial charge in [-0.3, -0.25) is 9.79 Å². The maximum atomic E-state index is 11.8. The van der Waals surface area contributed by atoms with Gasteiger partial charge >= 0.3 is 0 Å². The molecular formula is C24H24N4O4S. The van der Waals surface area contributed by atoms with Gasteiger partial charge in [-0.2, -0.15) is 5.10 Å². The molecule has 3 heterocycles. The van der Waals surface area contributed by atoms with Crippen LogP contribution in [-0.2, 0) is 4.79 Å². The van der Waals surface area contributed by atoms with Crippen molar-refractivity contribution in [3.05, 3.63) is 52.1 Å². The number of nitrogens with one attached hydrogen (secondary N) is 1. The van der Waals surface area contributed by atoms with Crippen LogP contribution in [0.25, 0.3) is 11.3 Å². The summed E-state index contributed by atoms with van der Waals surface area (Å²) in [6.45, 7) is 7.15. The maximum Gasteiger partial charge on any atom is 0.262 e. The molecule has 0 radical (unpaired) electrons. The first-order chi connectivity index (χ1) is 16.0. The average Bonchev–Trinajstić information content (AvgIpc) is 3.19. The predicted molar refractivity (Wildman–Crippen MR) is 128 cm³/mol. The van der Waals surface area contributed by atoms with Gasteiger partial charge in [-0.25, -0.2) is 4.68 Å². The van der Waals surface area contributed by atoms with Crippen molar-refractivity contribution >= 4 is 28.6 Å². The summed E-state index contributed by atoms with van der Waals surface area (Å²) in [6.07, 6.45) is 0. The van der Waals surface area contributed by atoms with Gasteiger partial charge in [0, 0.05) is 22.5 Å². The number of hydrogen-bond donors (Lipinski definition) is 1. The Morgan fingerprint density at radius 2 is 1.85 bits per heavy atom. The number of hydrogen-bond acceptors (Lipinski definition) is 7. The van der Waals surface area contributed by atoms with Gasteiger partial charge in [0.1, 0.15) is 19.0 Å². The van der Waals surface area contributed by atoms with Crippen molar-refractivity contribution in [2.45, 2.75) is 26.8 Å². The first-order valence-electron chi connectivity index (χ1n) is 10.7. The first kappa shape index (κ1) is 21.3. The summed E-state index contributed by atoms with van der Waals surface area (Å²) in [6, 6.07) is 11.7. The summed E-state index contributed by atoms with van der Waals surface area (Å²) in [5.41, 5.74) is 4.17. The molecule has 0 unspecified atom stereocenters. The molecule has 1 aromatic heterocycles. The number of carbonyl (C=O) groups is 1. The van der Waals surface area contributed by atoms with E-state index in [4.69, 9.17) is 24.3 Å². The average molecular weight is 465 g/mol.